The van der Waals surface area contributed by atoms with E-state index in [0.717, 1.165) is 43.8 Å². The van der Waals surface area contributed by atoms with Crippen LogP contribution in [0.5, 0.6) is 5.75 Å². The number of anilines is 1. The number of methoxy groups -OCH3 is 1. The predicted molar refractivity (Wildman–Crippen MR) is 119 cm³/mol. The molecule has 0 aliphatic carbocycles. The number of likely N-dealkylation sites (tertiary alicyclic amines) is 1. The maximum atomic E-state index is 13.1. The van der Waals surface area contributed by atoms with Gasteiger partial charge < -0.3 is 24.0 Å². The van der Waals surface area contributed by atoms with Crippen molar-refractivity contribution in [1.29, 1.82) is 0 Å². The number of rotatable bonds is 6. The van der Waals surface area contributed by atoms with Gasteiger partial charge in [0.2, 0.25) is 11.7 Å². The summed E-state index contributed by atoms with van der Waals surface area (Å²) >= 11 is 0. The lowest BCUT2D eigenvalue weighted by atomic mass is 9.95. The van der Waals surface area contributed by atoms with Gasteiger partial charge in [-0.2, -0.15) is 4.98 Å². The van der Waals surface area contributed by atoms with Crippen LogP contribution in [0.2, 0.25) is 0 Å². The summed E-state index contributed by atoms with van der Waals surface area (Å²) < 4.78 is 10.7. The molecule has 1 aromatic heterocycles. The molecule has 2 saturated heterocycles. The lowest BCUT2D eigenvalue weighted by molar-refractivity contribution is -0.137. The fourth-order valence-electron chi connectivity index (χ4n) is 4.52. The molecule has 1 unspecified atom stereocenters. The fourth-order valence-corrected chi connectivity index (χ4v) is 4.52. The average molecular weight is 428 g/mol. The van der Waals surface area contributed by atoms with Crippen molar-refractivity contribution in [2.75, 3.05) is 57.8 Å². The molecule has 8 heteroatoms. The Morgan fingerprint density at radius 3 is 2.58 bits per heavy atom. The number of carbonyl (C=O) groups is 1. The second-order valence-electron chi connectivity index (χ2n) is 8.93. The molecule has 0 bridgehead atoms. The molecule has 1 aromatic carbocycles. The maximum absolute atomic E-state index is 13.1. The van der Waals surface area contributed by atoms with E-state index in [4.69, 9.17) is 9.26 Å². The first-order valence-corrected chi connectivity index (χ1v) is 11.3. The molecule has 2 aliphatic heterocycles. The minimum absolute atomic E-state index is 0.129. The number of aromatic nitrogens is 2. The number of piperidine rings is 1. The highest BCUT2D eigenvalue weighted by Crippen LogP contribution is 2.24. The van der Waals surface area contributed by atoms with Crippen LogP contribution in [0.3, 0.4) is 0 Å². The maximum Gasteiger partial charge on any atom is 0.324 e. The Labute approximate surface area is 184 Å². The van der Waals surface area contributed by atoms with E-state index in [1.165, 1.54) is 0 Å². The van der Waals surface area contributed by atoms with Crippen molar-refractivity contribution in [3.63, 3.8) is 0 Å². The highest BCUT2D eigenvalue weighted by atomic mass is 16.5. The van der Waals surface area contributed by atoms with Crippen molar-refractivity contribution in [3.05, 3.63) is 24.3 Å². The van der Waals surface area contributed by atoms with Gasteiger partial charge in [0.25, 0.3) is 0 Å². The molecule has 4 rings (SSSR count). The van der Waals surface area contributed by atoms with Gasteiger partial charge in [0, 0.05) is 44.8 Å². The Kier molecular flexibility index (Phi) is 6.75. The molecule has 3 heterocycles. The Hall–Kier alpha value is -2.61. The Balaban J connectivity index is 1.31. The SMILES string of the molecule is COc1ccc(-c2noc(N3CCN(C(=O)C4CCCN(CC(C)C)C4)CC3)n2)cc1. The van der Waals surface area contributed by atoms with Crippen molar-refractivity contribution >= 4 is 11.9 Å². The van der Waals surface area contributed by atoms with E-state index in [-0.39, 0.29) is 5.92 Å². The van der Waals surface area contributed by atoms with Crippen LogP contribution in [0.25, 0.3) is 11.4 Å². The van der Waals surface area contributed by atoms with Gasteiger partial charge in [0.05, 0.1) is 13.0 Å². The number of ether oxygens (including phenoxy) is 1. The molecule has 0 N–H and O–H groups in total. The second kappa shape index (κ2) is 9.68. The number of benzene rings is 1. The molecule has 0 radical (unpaired) electrons. The number of amides is 1. The zero-order valence-electron chi connectivity index (χ0n) is 18.8. The van der Waals surface area contributed by atoms with E-state index in [1.54, 1.807) is 7.11 Å². The largest absolute Gasteiger partial charge is 0.497 e. The van der Waals surface area contributed by atoms with Crippen LogP contribution < -0.4 is 9.64 Å². The highest BCUT2D eigenvalue weighted by molar-refractivity contribution is 5.79. The third-order valence-electron chi connectivity index (χ3n) is 6.10. The molecule has 2 aliphatic rings. The van der Waals surface area contributed by atoms with Crippen LogP contribution in [0.4, 0.5) is 6.01 Å². The minimum Gasteiger partial charge on any atom is -0.497 e. The third kappa shape index (κ3) is 5.18. The molecule has 2 fully saturated rings. The van der Waals surface area contributed by atoms with E-state index in [2.05, 4.69) is 33.8 Å². The van der Waals surface area contributed by atoms with E-state index in [1.807, 2.05) is 29.2 Å². The Morgan fingerprint density at radius 2 is 1.90 bits per heavy atom. The summed E-state index contributed by atoms with van der Waals surface area (Å²) in [6.45, 7) is 10.4. The lowest BCUT2D eigenvalue weighted by Gasteiger charge is -2.38. The summed E-state index contributed by atoms with van der Waals surface area (Å²) in [5.74, 6) is 2.42. The zero-order valence-corrected chi connectivity index (χ0v) is 18.8. The quantitative estimate of drug-likeness (QED) is 0.702. The third-order valence-corrected chi connectivity index (χ3v) is 6.10. The van der Waals surface area contributed by atoms with Crippen molar-refractivity contribution in [2.24, 2.45) is 11.8 Å². The Morgan fingerprint density at radius 1 is 1.16 bits per heavy atom. The number of nitrogens with zero attached hydrogens (tertiary/aromatic N) is 5. The van der Waals surface area contributed by atoms with Crippen LogP contribution in [0.15, 0.2) is 28.8 Å². The molecule has 2 aromatic rings. The topological polar surface area (TPSA) is 74.9 Å². The van der Waals surface area contributed by atoms with E-state index in [0.29, 0.717) is 49.8 Å². The standard InChI is InChI=1S/C23H33N5O3/c1-17(2)15-26-10-4-5-19(16-26)22(29)27-11-13-28(14-12-27)23-24-21(25-31-23)18-6-8-20(30-3)9-7-18/h6-9,17,19H,4-5,10-16H2,1-3H3. The van der Waals surface area contributed by atoms with Gasteiger partial charge >= 0.3 is 6.01 Å². The van der Waals surface area contributed by atoms with Gasteiger partial charge in [-0.3, -0.25) is 4.79 Å². The van der Waals surface area contributed by atoms with Gasteiger partial charge in [-0.15, -0.1) is 0 Å². The van der Waals surface area contributed by atoms with Crippen LogP contribution in [0, 0.1) is 11.8 Å². The minimum atomic E-state index is 0.129. The molecule has 8 nitrogen and oxygen atoms in total. The number of hydrogen-bond acceptors (Lipinski definition) is 7. The van der Waals surface area contributed by atoms with Gasteiger partial charge in [-0.1, -0.05) is 19.0 Å². The summed E-state index contributed by atoms with van der Waals surface area (Å²) in [5.41, 5.74) is 0.882. The molecular weight excluding hydrogens is 394 g/mol. The van der Waals surface area contributed by atoms with E-state index < -0.39 is 0 Å². The summed E-state index contributed by atoms with van der Waals surface area (Å²) in [5, 5.41) is 4.12. The molecular formula is C23H33N5O3. The van der Waals surface area contributed by atoms with Crippen molar-refractivity contribution in [1.82, 2.24) is 19.9 Å². The second-order valence-corrected chi connectivity index (χ2v) is 8.93. The normalized spacial score (nSPS) is 20.3. The first-order valence-electron chi connectivity index (χ1n) is 11.3. The van der Waals surface area contributed by atoms with Crippen LogP contribution >= 0.6 is 0 Å². The number of piperazine rings is 1. The molecule has 1 amide bonds. The first-order chi connectivity index (χ1) is 15.0. The summed E-state index contributed by atoms with van der Waals surface area (Å²) in [6, 6.07) is 8.10. The van der Waals surface area contributed by atoms with Crippen molar-refractivity contribution in [2.45, 2.75) is 26.7 Å². The van der Waals surface area contributed by atoms with Crippen molar-refractivity contribution < 1.29 is 14.1 Å². The number of carbonyl (C=O) groups excluding carboxylic acids is 1. The smallest absolute Gasteiger partial charge is 0.324 e. The lowest BCUT2D eigenvalue weighted by Crippen LogP contribution is -2.52. The van der Waals surface area contributed by atoms with Crippen LogP contribution in [-0.4, -0.2) is 78.8 Å². The predicted octanol–water partition coefficient (Wildman–Crippen LogP) is 2.76. The summed E-state index contributed by atoms with van der Waals surface area (Å²) in [7, 11) is 1.64. The summed E-state index contributed by atoms with van der Waals surface area (Å²) in [6.07, 6.45) is 2.11. The monoisotopic (exact) mass is 427 g/mol. The van der Waals surface area contributed by atoms with Gasteiger partial charge in [0.15, 0.2) is 0 Å². The molecule has 1 atom stereocenters. The van der Waals surface area contributed by atoms with Crippen LogP contribution in [-0.2, 0) is 4.79 Å². The average Bonchev–Trinajstić information content (AvgIpc) is 3.29. The number of hydrogen-bond donors (Lipinski definition) is 0. The zero-order chi connectivity index (χ0) is 21.8. The van der Waals surface area contributed by atoms with Crippen molar-refractivity contribution in [3.8, 4) is 17.1 Å². The van der Waals surface area contributed by atoms with Gasteiger partial charge in [-0.25, -0.2) is 0 Å². The highest BCUT2D eigenvalue weighted by Gasteiger charge is 2.32. The molecule has 31 heavy (non-hydrogen) atoms. The summed E-state index contributed by atoms with van der Waals surface area (Å²) in [4.78, 5) is 24.2. The van der Waals surface area contributed by atoms with E-state index >= 15 is 0 Å². The van der Waals surface area contributed by atoms with Crippen LogP contribution in [0.1, 0.15) is 26.7 Å². The molecule has 0 saturated carbocycles. The molecule has 168 valence electrons. The van der Waals surface area contributed by atoms with Gasteiger partial charge in [-0.05, 0) is 49.6 Å². The fraction of sp³-hybridized carbons (Fsp3) is 0.609. The van der Waals surface area contributed by atoms with E-state index in [9.17, 15) is 4.79 Å². The van der Waals surface area contributed by atoms with Gasteiger partial charge in [0.1, 0.15) is 5.75 Å². The first kappa shape index (κ1) is 21.6. The Bertz CT molecular complexity index is 858. The molecule has 0 spiro atoms.